The number of methoxy groups -OCH3 is 1. The minimum Gasteiger partial charge on any atom is -0.378 e. The van der Waals surface area contributed by atoms with E-state index in [4.69, 9.17) is 20.9 Å². The van der Waals surface area contributed by atoms with Crippen LogP contribution in [0.5, 0.6) is 0 Å². The molecule has 198 valence electrons. The number of likely N-dealkylation sites (tertiary alicyclic amines) is 2. The first-order chi connectivity index (χ1) is 17.8. The van der Waals surface area contributed by atoms with Crippen LogP contribution in [0.4, 0.5) is 0 Å². The zero-order chi connectivity index (χ0) is 26.1. The van der Waals surface area contributed by atoms with Crippen molar-refractivity contribution in [2.45, 2.75) is 51.4 Å². The Kier molecular flexibility index (Phi) is 7.66. The molecule has 3 aromatic rings. The fraction of sp³-hybridized carbons (Fsp3) is 0.520. The van der Waals surface area contributed by atoms with Crippen LogP contribution in [0.15, 0.2) is 28.9 Å². The quantitative estimate of drug-likeness (QED) is 0.461. The Labute approximate surface area is 224 Å². The average molecular weight is 547 g/mol. The van der Waals surface area contributed by atoms with E-state index in [9.17, 15) is 9.59 Å². The van der Waals surface area contributed by atoms with Crippen LogP contribution < -0.4 is 5.32 Å². The van der Waals surface area contributed by atoms with Crippen LogP contribution in [0, 0.1) is 0 Å². The van der Waals surface area contributed by atoms with Gasteiger partial charge in [0, 0.05) is 57.6 Å². The van der Waals surface area contributed by atoms with Crippen LogP contribution in [0.1, 0.15) is 53.5 Å². The number of nitrogens with zero attached hydrogens (tertiary/aromatic N) is 5. The van der Waals surface area contributed by atoms with Crippen LogP contribution in [-0.2, 0) is 11.3 Å². The van der Waals surface area contributed by atoms with Crippen molar-refractivity contribution in [1.29, 1.82) is 0 Å². The fourth-order valence-electron chi connectivity index (χ4n) is 4.67. The third-order valence-corrected chi connectivity index (χ3v) is 8.22. The van der Waals surface area contributed by atoms with Gasteiger partial charge in [-0.3, -0.25) is 9.59 Å². The molecule has 0 aromatic carbocycles. The van der Waals surface area contributed by atoms with Gasteiger partial charge in [-0.25, -0.2) is 4.98 Å². The lowest BCUT2D eigenvalue weighted by Gasteiger charge is -2.37. The molecule has 0 aliphatic carbocycles. The lowest BCUT2D eigenvalue weighted by Crippen LogP contribution is -2.54. The average Bonchev–Trinajstić information content (AvgIpc) is 3.59. The molecule has 2 fully saturated rings. The zero-order valence-electron chi connectivity index (χ0n) is 21.1. The standard InChI is InChI=1S/C25H31ClN6O4S/c1-15(2)30-8-6-16(7-9-30)27-24(33)23-28-19(25(34)32-12-18(13-32)35-3)14-31(23)11-17-10-20(36-29-17)21-4-5-22(26)37-21/h4-5,10,14-16,18H,6-9,11-13H2,1-3H3,(H,27,33). The van der Waals surface area contributed by atoms with Crippen LogP contribution >= 0.6 is 22.9 Å². The second-order valence-electron chi connectivity index (χ2n) is 9.81. The number of rotatable bonds is 8. The number of carbonyl (C=O) groups excluding carboxylic acids is 2. The van der Waals surface area contributed by atoms with Crippen molar-refractivity contribution in [3.63, 3.8) is 0 Å². The van der Waals surface area contributed by atoms with Crippen molar-refractivity contribution >= 4 is 34.8 Å². The minimum absolute atomic E-state index is 0.0322. The minimum atomic E-state index is -0.297. The number of ether oxygens (including phenoxy) is 1. The third kappa shape index (κ3) is 5.74. The summed E-state index contributed by atoms with van der Waals surface area (Å²) in [5.41, 5.74) is 0.835. The first kappa shape index (κ1) is 25.9. The number of aromatic nitrogens is 3. The van der Waals surface area contributed by atoms with Crippen molar-refractivity contribution in [2.24, 2.45) is 0 Å². The molecule has 2 amide bonds. The molecule has 1 N–H and O–H groups in total. The largest absolute Gasteiger partial charge is 0.378 e. The number of hydrogen-bond acceptors (Lipinski definition) is 8. The lowest BCUT2D eigenvalue weighted by molar-refractivity contribution is -0.0194. The van der Waals surface area contributed by atoms with Gasteiger partial charge in [-0.1, -0.05) is 16.8 Å². The van der Waals surface area contributed by atoms with Crippen LogP contribution in [0.3, 0.4) is 0 Å². The van der Waals surface area contributed by atoms with Gasteiger partial charge in [-0.15, -0.1) is 11.3 Å². The van der Waals surface area contributed by atoms with Gasteiger partial charge in [0.25, 0.3) is 11.8 Å². The highest BCUT2D eigenvalue weighted by Gasteiger charge is 2.33. The molecule has 5 heterocycles. The highest BCUT2D eigenvalue weighted by Crippen LogP contribution is 2.31. The van der Waals surface area contributed by atoms with Crippen LogP contribution in [0.2, 0.25) is 4.34 Å². The number of hydrogen-bond donors (Lipinski definition) is 1. The van der Waals surface area contributed by atoms with E-state index in [0.717, 1.165) is 30.8 Å². The summed E-state index contributed by atoms with van der Waals surface area (Å²) in [5, 5.41) is 7.30. The molecule has 12 heteroatoms. The van der Waals surface area contributed by atoms with Crippen molar-refractivity contribution in [3.8, 4) is 10.6 Å². The molecule has 0 radical (unpaired) electrons. The van der Waals surface area contributed by atoms with Gasteiger partial charge in [0.05, 0.1) is 21.9 Å². The van der Waals surface area contributed by atoms with Crippen molar-refractivity contribution in [2.75, 3.05) is 33.3 Å². The molecule has 0 atom stereocenters. The summed E-state index contributed by atoms with van der Waals surface area (Å²) < 4.78 is 13.1. The van der Waals surface area contributed by atoms with Gasteiger partial charge in [0.15, 0.2) is 11.6 Å². The van der Waals surface area contributed by atoms with E-state index >= 15 is 0 Å². The van der Waals surface area contributed by atoms with Crippen molar-refractivity contribution in [3.05, 3.63) is 45.9 Å². The summed E-state index contributed by atoms with van der Waals surface area (Å²) in [6, 6.07) is 6.03. The molecular formula is C25H31ClN6O4S. The van der Waals surface area contributed by atoms with Crippen LogP contribution in [0.25, 0.3) is 10.6 Å². The molecule has 2 aliphatic heterocycles. The Morgan fingerprint density at radius 2 is 2.03 bits per heavy atom. The molecular weight excluding hydrogens is 516 g/mol. The van der Waals surface area contributed by atoms with Gasteiger partial charge >= 0.3 is 0 Å². The number of halogens is 1. The van der Waals surface area contributed by atoms with E-state index in [0.29, 0.717) is 34.9 Å². The first-order valence-corrected chi connectivity index (χ1v) is 13.7. The summed E-state index contributed by atoms with van der Waals surface area (Å²) in [6.45, 7) is 7.49. The van der Waals surface area contributed by atoms with E-state index in [-0.39, 0.29) is 42.0 Å². The number of nitrogens with one attached hydrogen (secondary N) is 1. The first-order valence-electron chi connectivity index (χ1n) is 12.5. The number of carbonyl (C=O) groups is 2. The molecule has 3 aromatic heterocycles. The van der Waals surface area contributed by atoms with Gasteiger partial charge < -0.3 is 28.9 Å². The highest BCUT2D eigenvalue weighted by molar-refractivity contribution is 7.19. The van der Waals surface area contributed by atoms with E-state index in [1.165, 1.54) is 11.3 Å². The highest BCUT2D eigenvalue weighted by atomic mass is 35.5. The normalized spacial score (nSPS) is 17.4. The molecule has 0 spiro atoms. The summed E-state index contributed by atoms with van der Waals surface area (Å²) in [5.74, 6) is 0.259. The maximum Gasteiger partial charge on any atom is 0.287 e. The monoisotopic (exact) mass is 546 g/mol. The van der Waals surface area contributed by atoms with Gasteiger partial charge in [-0.05, 0) is 38.8 Å². The molecule has 2 aliphatic rings. The lowest BCUT2D eigenvalue weighted by atomic mass is 10.0. The van der Waals surface area contributed by atoms with Gasteiger partial charge in [0.2, 0.25) is 0 Å². The van der Waals surface area contributed by atoms with E-state index in [1.54, 1.807) is 28.8 Å². The van der Waals surface area contributed by atoms with Gasteiger partial charge in [0.1, 0.15) is 11.4 Å². The number of imidazole rings is 1. The Morgan fingerprint density at radius 3 is 2.68 bits per heavy atom. The molecule has 37 heavy (non-hydrogen) atoms. The second-order valence-corrected chi connectivity index (χ2v) is 11.5. The summed E-state index contributed by atoms with van der Waals surface area (Å²) in [7, 11) is 1.63. The molecule has 10 nitrogen and oxygen atoms in total. The maximum absolute atomic E-state index is 13.3. The zero-order valence-corrected chi connectivity index (χ0v) is 22.7. The molecule has 5 rings (SSSR count). The number of amides is 2. The predicted octanol–water partition coefficient (Wildman–Crippen LogP) is 3.37. The Hall–Kier alpha value is -2.73. The van der Waals surface area contributed by atoms with Gasteiger partial charge in [-0.2, -0.15) is 0 Å². The number of thiophene rings is 1. The van der Waals surface area contributed by atoms with Crippen molar-refractivity contribution in [1.82, 2.24) is 29.8 Å². The third-order valence-electron chi connectivity index (χ3n) is 6.97. The SMILES string of the molecule is COC1CN(C(=O)c2cn(Cc3cc(-c4ccc(Cl)s4)on3)c(C(=O)NC3CCN(C(C)C)CC3)n2)C1. The smallest absolute Gasteiger partial charge is 0.287 e. The predicted molar refractivity (Wildman–Crippen MR) is 140 cm³/mol. The second kappa shape index (κ2) is 10.9. The molecule has 0 unspecified atom stereocenters. The molecule has 2 saturated heterocycles. The van der Waals surface area contributed by atoms with E-state index < -0.39 is 0 Å². The Bertz CT molecular complexity index is 1260. The summed E-state index contributed by atoms with van der Waals surface area (Å²) in [4.78, 5) is 35.8. The van der Waals surface area contributed by atoms with E-state index in [2.05, 4.69) is 34.2 Å². The summed E-state index contributed by atoms with van der Waals surface area (Å²) in [6.07, 6.45) is 3.40. The fourth-order valence-corrected chi connectivity index (χ4v) is 5.66. The number of piperidine rings is 1. The van der Waals surface area contributed by atoms with E-state index in [1.807, 2.05) is 12.1 Å². The Balaban J connectivity index is 1.34. The van der Waals surface area contributed by atoms with Crippen molar-refractivity contribution < 1.29 is 18.8 Å². The summed E-state index contributed by atoms with van der Waals surface area (Å²) >= 11 is 7.45. The topological polar surface area (TPSA) is 106 Å². The molecule has 0 bridgehead atoms. The molecule has 0 saturated carbocycles. The maximum atomic E-state index is 13.3. The Morgan fingerprint density at radius 1 is 1.27 bits per heavy atom. The van der Waals surface area contributed by atoms with Crippen LogP contribution in [-0.4, -0.2) is 87.8 Å².